The molecule has 2 nitrogen and oxygen atoms in total. The molecule has 0 saturated heterocycles. The lowest BCUT2D eigenvalue weighted by Gasteiger charge is -2.29. The Morgan fingerprint density at radius 1 is 0.418 bits per heavy atom. The molecule has 0 bridgehead atoms. The molecule has 10 aromatic rings. The molecule has 0 spiro atoms. The average molecular weight is 704 g/mol. The summed E-state index contributed by atoms with van der Waals surface area (Å²) in [6, 6.07) is 68.5. The van der Waals surface area contributed by atoms with Gasteiger partial charge in [0.25, 0.3) is 0 Å². The van der Waals surface area contributed by atoms with Crippen molar-refractivity contribution >= 4 is 60.5 Å². The first-order valence-corrected chi connectivity index (χ1v) is 19.1. The van der Waals surface area contributed by atoms with Gasteiger partial charge in [-0.25, -0.2) is 0 Å². The molecule has 1 heterocycles. The average Bonchev–Trinajstić information content (AvgIpc) is 3.73. The maximum Gasteiger partial charge on any atom is 0.159 e. The molecule has 0 unspecified atom stereocenters. The molecule has 0 radical (unpaired) electrons. The van der Waals surface area contributed by atoms with E-state index in [0.717, 1.165) is 39.0 Å². The van der Waals surface area contributed by atoms with E-state index in [1.165, 1.54) is 66.1 Å². The van der Waals surface area contributed by atoms with Crippen LogP contribution in [-0.2, 0) is 5.41 Å². The Balaban J connectivity index is 1.13. The highest BCUT2D eigenvalue weighted by molar-refractivity contribution is 6.11. The largest absolute Gasteiger partial charge is 0.454 e. The third-order valence-electron chi connectivity index (χ3n) is 11.8. The van der Waals surface area contributed by atoms with Crippen LogP contribution >= 0.6 is 0 Å². The van der Waals surface area contributed by atoms with E-state index in [-0.39, 0.29) is 5.41 Å². The normalized spacial score (nSPS) is 13.1. The van der Waals surface area contributed by atoms with Crippen LogP contribution in [0.2, 0.25) is 0 Å². The van der Waals surface area contributed by atoms with E-state index >= 15 is 0 Å². The van der Waals surface area contributed by atoms with E-state index in [1.807, 2.05) is 6.07 Å². The Bertz CT molecular complexity index is 3130. The Labute approximate surface area is 320 Å². The van der Waals surface area contributed by atoms with E-state index < -0.39 is 0 Å². The number of anilines is 3. The van der Waals surface area contributed by atoms with Gasteiger partial charge < -0.3 is 9.32 Å². The fraction of sp³-hybridized carbons (Fsp3) is 0.0566. The number of nitrogens with zero attached hydrogens (tertiary/aromatic N) is 1. The van der Waals surface area contributed by atoms with Gasteiger partial charge in [0, 0.05) is 27.4 Å². The second kappa shape index (κ2) is 12.1. The highest BCUT2D eigenvalue weighted by atomic mass is 16.3. The highest BCUT2D eigenvalue weighted by Gasteiger charge is 2.38. The summed E-state index contributed by atoms with van der Waals surface area (Å²) in [5.74, 6) is 0. The molecule has 2 heteroatoms. The Hall–Kier alpha value is -6.90. The van der Waals surface area contributed by atoms with Crippen LogP contribution < -0.4 is 4.90 Å². The van der Waals surface area contributed by atoms with Crippen molar-refractivity contribution in [1.82, 2.24) is 0 Å². The molecule has 0 fully saturated rings. The van der Waals surface area contributed by atoms with Crippen molar-refractivity contribution in [3.8, 4) is 33.4 Å². The van der Waals surface area contributed by atoms with E-state index in [2.05, 4.69) is 201 Å². The molecule has 9 aromatic carbocycles. The van der Waals surface area contributed by atoms with Crippen LogP contribution in [0, 0.1) is 0 Å². The second-order valence-electron chi connectivity index (χ2n) is 15.3. The molecular weight excluding hydrogens is 667 g/mol. The molecule has 1 aliphatic rings. The molecule has 260 valence electrons. The summed E-state index contributed by atoms with van der Waals surface area (Å²) < 4.78 is 6.72. The van der Waals surface area contributed by atoms with Crippen molar-refractivity contribution in [2.24, 2.45) is 0 Å². The van der Waals surface area contributed by atoms with Crippen molar-refractivity contribution in [3.05, 3.63) is 199 Å². The van der Waals surface area contributed by atoms with E-state index in [9.17, 15) is 0 Å². The van der Waals surface area contributed by atoms with Crippen LogP contribution in [0.15, 0.2) is 192 Å². The van der Waals surface area contributed by atoms with Crippen molar-refractivity contribution in [3.63, 3.8) is 0 Å². The van der Waals surface area contributed by atoms with Crippen molar-refractivity contribution < 1.29 is 4.42 Å². The van der Waals surface area contributed by atoms with Crippen LogP contribution in [0.1, 0.15) is 25.0 Å². The van der Waals surface area contributed by atoms with Gasteiger partial charge in [-0.2, -0.15) is 0 Å². The van der Waals surface area contributed by atoms with E-state index in [4.69, 9.17) is 4.42 Å². The molecule has 0 aliphatic heterocycles. The van der Waals surface area contributed by atoms with E-state index in [1.54, 1.807) is 0 Å². The molecule has 1 aliphatic carbocycles. The SMILES string of the molecule is CC1(C)c2ccccc2-c2c(N(c3ccc(-c4cc5ccccc5cc4-c4ccc5ccccc5c4)cc3)c3cccc4c3oc3ccccc34)cccc21. The Morgan fingerprint density at radius 2 is 1.00 bits per heavy atom. The number of hydrogen-bond acceptors (Lipinski definition) is 2. The maximum absolute atomic E-state index is 6.72. The van der Waals surface area contributed by atoms with Crippen LogP contribution in [0.3, 0.4) is 0 Å². The van der Waals surface area contributed by atoms with Crippen molar-refractivity contribution in [1.29, 1.82) is 0 Å². The fourth-order valence-corrected chi connectivity index (χ4v) is 9.10. The van der Waals surface area contributed by atoms with Gasteiger partial charge in [-0.05, 0) is 109 Å². The van der Waals surface area contributed by atoms with Crippen LogP contribution in [0.4, 0.5) is 17.1 Å². The van der Waals surface area contributed by atoms with E-state index in [0.29, 0.717) is 0 Å². The standard InChI is InChI=1S/C53H37NO/c1-53(2)46-20-9-7-18-43(46)51-47(53)21-12-22-48(51)54(49-23-11-19-42-41-17-8-10-24-50(41)55-52(42)49)40-29-27-35(28-30-40)44-32-37-15-5-6-16-38(37)33-45(44)39-26-25-34-13-3-4-14-36(34)31-39/h3-33H,1-2H3. The van der Waals surface area contributed by atoms with Gasteiger partial charge in [-0.15, -0.1) is 0 Å². The number of fused-ring (bicyclic) bond motifs is 8. The molecular formula is C53H37NO. The Kier molecular flexibility index (Phi) is 6.93. The molecule has 1 aromatic heterocycles. The summed E-state index contributed by atoms with van der Waals surface area (Å²) in [7, 11) is 0. The summed E-state index contributed by atoms with van der Waals surface area (Å²) in [4.78, 5) is 2.41. The summed E-state index contributed by atoms with van der Waals surface area (Å²) in [6.45, 7) is 4.69. The first-order chi connectivity index (χ1) is 27.0. The van der Waals surface area contributed by atoms with Gasteiger partial charge in [0.05, 0.1) is 11.4 Å². The topological polar surface area (TPSA) is 16.4 Å². The molecule has 0 amide bonds. The number of hydrogen-bond donors (Lipinski definition) is 0. The molecule has 55 heavy (non-hydrogen) atoms. The van der Waals surface area contributed by atoms with Crippen LogP contribution in [0.25, 0.3) is 76.9 Å². The van der Waals surface area contributed by atoms with Gasteiger partial charge in [-0.1, -0.05) is 153 Å². The number of furan rings is 1. The highest BCUT2D eigenvalue weighted by Crippen LogP contribution is 2.55. The summed E-state index contributed by atoms with van der Waals surface area (Å²) in [5.41, 5.74) is 14.9. The quantitative estimate of drug-likeness (QED) is 0.177. The summed E-state index contributed by atoms with van der Waals surface area (Å²) in [5, 5.41) is 7.18. The predicted molar refractivity (Wildman–Crippen MR) is 232 cm³/mol. The molecule has 0 saturated carbocycles. The minimum atomic E-state index is -0.127. The predicted octanol–water partition coefficient (Wildman–Crippen LogP) is 15.0. The number of rotatable bonds is 5. The minimum Gasteiger partial charge on any atom is -0.454 e. The van der Waals surface area contributed by atoms with Crippen LogP contribution in [-0.4, -0.2) is 0 Å². The zero-order valence-corrected chi connectivity index (χ0v) is 30.8. The van der Waals surface area contributed by atoms with Gasteiger partial charge >= 0.3 is 0 Å². The summed E-state index contributed by atoms with van der Waals surface area (Å²) >= 11 is 0. The third-order valence-corrected chi connectivity index (χ3v) is 11.8. The monoisotopic (exact) mass is 703 g/mol. The number of para-hydroxylation sites is 2. The second-order valence-corrected chi connectivity index (χ2v) is 15.3. The lowest BCUT2D eigenvalue weighted by atomic mass is 9.82. The fourth-order valence-electron chi connectivity index (χ4n) is 9.10. The third kappa shape index (κ3) is 4.88. The zero-order valence-electron chi connectivity index (χ0n) is 30.8. The summed E-state index contributed by atoms with van der Waals surface area (Å²) in [6.07, 6.45) is 0. The van der Waals surface area contributed by atoms with Gasteiger partial charge in [-0.3, -0.25) is 0 Å². The van der Waals surface area contributed by atoms with Gasteiger partial charge in [0.2, 0.25) is 0 Å². The first kappa shape index (κ1) is 31.6. The maximum atomic E-state index is 6.72. The first-order valence-electron chi connectivity index (χ1n) is 19.1. The zero-order chi connectivity index (χ0) is 36.7. The molecule has 0 N–H and O–H groups in total. The smallest absolute Gasteiger partial charge is 0.159 e. The minimum absolute atomic E-state index is 0.127. The van der Waals surface area contributed by atoms with Crippen molar-refractivity contribution in [2.75, 3.05) is 4.90 Å². The number of benzene rings is 9. The van der Waals surface area contributed by atoms with Crippen LogP contribution in [0.5, 0.6) is 0 Å². The van der Waals surface area contributed by atoms with Gasteiger partial charge in [0.1, 0.15) is 5.58 Å². The Morgan fingerprint density at radius 3 is 1.80 bits per heavy atom. The lowest BCUT2D eigenvalue weighted by Crippen LogP contribution is -2.16. The van der Waals surface area contributed by atoms with Crippen molar-refractivity contribution in [2.45, 2.75) is 19.3 Å². The molecule has 0 atom stereocenters. The van der Waals surface area contributed by atoms with Gasteiger partial charge in [0.15, 0.2) is 5.58 Å². The lowest BCUT2D eigenvalue weighted by molar-refractivity contribution is 0.660. The molecule has 11 rings (SSSR count).